The zero-order valence-electron chi connectivity index (χ0n) is 6.07. The third-order valence-electron chi connectivity index (χ3n) is 1.50. The van der Waals surface area contributed by atoms with Crippen molar-refractivity contribution in [3.8, 4) is 0 Å². The summed E-state index contributed by atoms with van der Waals surface area (Å²) in [5, 5.41) is 1.30. The Morgan fingerprint density at radius 3 is 3.18 bits per heavy atom. The van der Waals surface area contributed by atoms with Crippen LogP contribution < -0.4 is 0 Å². The van der Waals surface area contributed by atoms with Gasteiger partial charge in [0.1, 0.15) is 0 Å². The van der Waals surface area contributed by atoms with Gasteiger partial charge in [0, 0.05) is 12.4 Å². The molecule has 56 valence electrons. The van der Waals surface area contributed by atoms with Gasteiger partial charge in [0.15, 0.2) is 0 Å². The number of thioether (sulfide) groups is 1. The predicted molar refractivity (Wildman–Crippen MR) is 51.4 cm³/mol. The summed E-state index contributed by atoms with van der Waals surface area (Å²) in [5.41, 5.74) is 0. The summed E-state index contributed by atoms with van der Waals surface area (Å²) in [6, 6.07) is 4.25. The summed E-state index contributed by atoms with van der Waals surface area (Å²) in [6.45, 7) is 0. The molecule has 0 aliphatic carbocycles. The molecule has 2 aromatic heterocycles. The highest BCUT2D eigenvalue weighted by Gasteiger charge is 1.98. The van der Waals surface area contributed by atoms with E-state index in [-0.39, 0.29) is 0 Å². The summed E-state index contributed by atoms with van der Waals surface area (Å²) >= 11 is 3.58. The van der Waals surface area contributed by atoms with E-state index in [9.17, 15) is 0 Å². The fourth-order valence-electron chi connectivity index (χ4n) is 0.961. The van der Waals surface area contributed by atoms with E-state index in [1.54, 1.807) is 23.1 Å². The van der Waals surface area contributed by atoms with Crippen molar-refractivity contribution in [3.63, 3.8) is 0 Å². The summed E-state index contributed by atoms with van der Waals surface area (Å²) in [7, 11) is 0. The van der Waals surface area contributed by atoms with Gasteiger partial charge in [-0.25, -0.2) is 0 Å². The van der Waals surface area contributed by atoms with Crippen LogP contribution in [0.25, 0.3) is 10.1 Å². The van der Waals surface area contributed by atoms with Crippen molar-refractivity contribution in [2.45, 2.75) is 4.21 Å². The molecule has 0 saturated carbocycles. The van der Waals surface area contributed by atoms with E-state index in [4.69, 9.17) is 0 Å². The molecule has 0 aliphatic rings. The molecule has 0 bridgehead atoms. The molecular formula is C8H7NS2. The topological polar surface area (TPSA) is 12.9 Å². The third kappa shape index (κ3) is 1.26. The van der Waals surface area contributed by atoms with Crippen LogP contribution in [0.1, 0.15) is 0 Å². The molecule has 0 aliphatic heterocycles. The number of aromatic nitrogens is 1. The maximum Gasteiger partial charge on any atom is 0.0609 e. The Morgan fingerprint density at radius 2 is 2.45 bits per heavy atom. The number of pyridine rings is 1. The van der Waals surface area contributed by atoms with Gasteiger partial charge in [0.25, 0.3) is 0 Å². The molecule has 0 aromatic carbocycles. The first-order chi connectivity index (χ1) is 5.40. The molecule has 0 amide bonds. The SMILES string of the molecule is CSc1cc2ccncc2s1. The van der Waals surface area contributed by atoms with Gasteiger partial charge in [-0.2, -0.15) is 0 Å². The molecule has 0 unspecified atom stereocenters. The fourth-order valence-corrected chi connectivity index (χ4v) is 2.57. The van der Waals surface area contributed by atoms with Crippen LogP contribution in [0.15, 0.2) is 28.7 Å². The van der Waals surface area contributed by atoms with Gasteiger partial charge in [-0.15, -0.1) is 23.1 Å². The molecule has 1 nitrogen and oxygen atoms in total. The maximum atomic E-state index is 4.06. The predicted octanol–water partition coefficient (Wildman–Crippen LogP) is 3.02. The first-order valence-electron chi connectivity index (χ1n) is 3.28. The fraction of sp³-hybridized carbons (Fsp3) is 0.125. The molecule has 2 aromatic rings. The summed E-state index contributed by atoms with van der Waals surface area (Å²) < 4.78 is 2.63. The molecule has 0 atom stereocenters. The highest BCUT2D eigenvalue weighted by molar-refractivity contribution is 8.00. The van der Waals surface area contributed by atoms with Crippen molar-refractivity contribution in [2.75, 3.05) is 6.26 Å². The molecule has 0 fully saturated rings. The molecule has 2 rings (SSSR count). The Bertz CT molecular complexity index is 334. The standard InChI is InChI=1S/C8H7NS2/c1-10-8-4-6-2-3-9-5-7(6)11-8/h2-5H,1H3. The summed E-state index contributed by atoms with van der Waals surface area (Å²) in [6.07, 6.45) is 5.84. The number of rotatable bonds is 1. The minimum Gasteiger partial charge on any atom is -0.263 e. The number of hydrogen-bond acceptors (Lipinski definition) is 3. The second-order valence-corrected chi connectivity index (χ2v) is 4.37. The van der Waals surface area contributed by atoms with E-state index in [2.05, 4.69) is 17.3 Å². The van der Waals surface area contributed by atoms with Crippen molar-refractivity contribution in [1.82, 2.24) is 4.98 Å². The Hall–Kier alpha value is -0.540. The first-order valence-corrected chi connectivity index (χ1v) is 5.32. The molecule has 0 radical (unpaired) electrons. The smallest absolute Gasteiger partial charge is 0.0609 e. The Morgan fingerprint density at radius 1 is 1.55 bits per heavy atom. The lowest BCUT2D eigenvalue weighted by molar-refractivity contribution is 1.37. The minimum absolute atomic E-state index is 1.27. The summed E-state index contributed by atoms with van der Waals surface area (Å²) in [4.78, 5) is 4.06. The molecule has 0 N–H and O–H groups in total. The Labute approximate surface area is 73.5 Å². The van der Waals surface area contributed by atoms with Crippen LogP contribution in [0.2, 0.25) is 0 Å². The summed E-state index contributed by atoms with van der Waals surface area (Å²) in [5.74, 6) is 0. The Balaban J connectivity index is 2.69. The van der Waals surface area contributed by atoms with Crippen LogP contribution in [-0.2, 0) is 0 Å². The second kappa shape index (κ2) is 2.83. The molecule has 0 spiro atoms. The highest BCUT2D eigenvalue weighted by atomic mass is 32.2. The van der Waals surface area contributed by atoms with E-state index < -0.39 is 0 Å². The van der Waals surface area contributed by atoms with Gasteiger partial charge in [0.2, 0.25) is 0 Å². The quantitative estimate of drug-likeness (QED) is 0.627. The van der Waals surface area contributed by atoms with Crippen LogP contribution in [0.3, 0.4) is 0 Å². The van der Waals surface area contributed by atoms with Crippen LogP contribution in [0.5, 0.6) is 0 Å². The zero-order valence-corrected chi connectivity index (χ0v) is 7.71. The van der Waals surface area contributed by atoms with E-state index in [1.165, 1.54) is 14.3 Å². The molecular weight excluding hydrogens is 174 g/mol. The van der Waals surface area contributed by atoms with Gasteiger partial charge in [-0.1, -0.05) is 0 Å². The molecule has 11 heavy (non-hydrogen) atoms. The lowest BCUT2D eigenvalue weighted by Gasteiger charge is -1.81. The van der Waals surface area contributed by atoms with Crippen molar-refractivity contribution < 1.29 is 0 Å². The van der Waals surface area contributed by atoms with Crippen LogP contribution in [-0.4, -0.2) is 11.2 Å². The zero-order chi connectivity index (χ0) is 7.68. The Kier molecular flexibility index (Phi) is 1.84. The monoisotopic (exact) mass is 181 g/mol. The number of thiophene rings is 1. The van der Waals surface area contributed by atoms with Gasteiger partial charge >= 0.3 is 0 Å². The number of nitrogens with zero attached hydrogens (tertiary/aromatic N) is 1. The lowest BCUT2D eigenvalue weighted by atomic mass is 10.3. The van der Waals surface area contributed by atoms with Crippen LogP contribution in [0, 0.1) is 0 Å². The van der Waals surface area contributed by atoms with Crippen molar-refractivity contribution >= 4 is 33.2 Å². The molecule has 0 saturated heterocycles. The van der Waals surface area contributed by atoms with Crippen LogP contribution in [0.4, 0.5) is 0 Å². The number of fused-ring (bicyclic) bond motifs is 1. The molecule has 2 heterocycles. The first kappa shape index (κ1) is 7.13. The minimum atomic E-state index is 1.27. The lowest BCUT2D eigenvalue weighted by Crippen LogP contribution is -1.64. The van der Waals surface area contributed by atoms with Gasteiger partial charge in [-0.05, 0) is 23.8 Å². The van der Waals surface area contributed by atoms with Crippen LogP contribution >= 0.6 is 23.1 Å². The van der Waals surface area contributed by atoms with Crippen molar-refractivity contribution in [2.24, 2.45) is 0 Å². The van der Waals surface area contributed by atoms with Gasteiger partial charge in [0.05, 0.1) is 8.91 Å². The normalized spacial score (nSPS) is 10.6. The van der Waals surface area contributed by atoms with Crippen molar-refractivity contribution in [1.29, 1.82) is 0 Å². The highest BCUT2D eigenvalue weighted by Crippen LogP contribution is 2.30. The third-order valence-corrected chi connectivity index (χ3v) is 3.65. The van der Waals surface area contributed by atoms with E-state index in [1.807, 2.05) is 18.5 Å². The van der Waals surface area contributed by atoms with Gasteiger partial charge in [-0.3, -0.25) is 4.98 Å². The van der Waals surface area contributed by atoms with E-state index in [0.29, 0.717) is 0 Å². The largest absolute Gasteiger partial charge is 0.263 e. The maximum absolute atomic E-state index is 4.06. The second-order valence-electron chi connectivity index (χ2n) is 2.18. The van der Waals surface area contributed by atoms with E-state index >= 15 is 0 Å². The molecule has 3 heteroatoms. The van der Waals surface area contributed by atoms with Gasteiger partial charge < -0.3 is 0 Å². The average Bonchev–Trinajstić information content (AvgIpc) is 2.46. The van der Waals surface area contributed by atoms with E-state index in [0.717, 1.165) is 0 Å². The number of hydrogen-bond donors (Lipinski definition) is 0. The van der Waals surface area contributed by atoms with Crippen molar-refractivity contribution in [3.05, 3.63) is 24.5 Å². The average molecular weight is 181 g/mol.